The van der Waals surface area contributed by atoms with Crippen LogP contribution in [0.1, 0.15) is 36.3 Å². The van der Waals surface area contributed by atoms with Crippen molar-refractivity contribution in [3.63, 3.8) is 0 Å². The summed E-state index contributed by atoms with van der Waals surface area (Å²) >= 11 is 0. The van der Waals surface area contributed by atoms with Gasteiger partial charge in [0.15, 0.2) is 5.69 Å². The first-order valence-corrected chi connectivity index (χ1v) is 9.98. The Bertz CT molecular complexity index is 964. The topological polar surface area (TPSA) is 105 Å². The van der Waals surface area contributed by atoms with Crippen LogP contribution in [0.15, 0.2) is 30.5 Å². The number of rotatable bonds is 5. The van der Waals surface area contributed by atoms with Crippen LogP contribution < -0.4 is 10.6 Å². The highest BCUT2D eigenvalue weighted by molar-refractivity contribution is 5.96. The van der Waals surface area contributed by atoms with Crippen molar-refractivity contribution in [1.82, 2.24) is 9.47 Å². The number of benzene rings is 1. The Labute approximate surface area is 176 Å². The number of carbonyl (C=O) groups is 2. The molecule has 1 aromatic carbocycles. The maximum Gasteiger partial charge on any atom is 0.357 e. The van der Waals surface area contributed by atoms with Crippen molar-refractivity contribution in [2.24, 2.45) is 5.92 Å². The average Bonchev–Trinajstić information content (AvgIpc) is 3.09. The average molecular weight is 409 g/mol. The molecule has 0 spiro atoms. The van der Waals surface area contributed by atoms with E-state index in [1.165, 1.54) is 13.3 Å². The van der Waals surface area contributed by atoms with Crippen LogP contribution in [0.4, 0.5) is 11.4 Å². The Morgan fingerprint density at radius 2 is 1.73 bits per heavy atom. The van der Waals surface area contributed by atoms with Gasteiger partial charge in [-0.15, -0.1) is 0 Å². The zero-order valence-corrected chi connectivity index (χ0v) is 17.6. The van der Waals surface area contributed by atoms with E-state index in [1.807, 2.05) is 35.2 Å². The molecule has 0 saturated carbocycles. The Balaban J connectivity index is 1.75. The number of hydrogen-bond donors (Lipinski definition) is 1. The summed E-state index contributed by atoms with van der Waals surface area (Å²) in [5, 5.41) is 9.25. The van der Waals surface area contributed by atoms with Crippen molar-refractivity contribution in [1.29, 1.82) is 5.26 Å². The van der Waals surface area contributed by atoms with Crippen molar-refractivity contribution in [3.8, 4) is 11.8 Å². The van der Waals surface area contributed by atoms with Gasteiger partial charge >= 0.3 is 5.97 Å². The van der Waals surface area contributed by atoms with Crippen LogP contribution in [0.25, 0.3) is 5.69 Å². The van der Waals surface area contributed by atoms with Crippen molar-refractivity contribution < 1.29 is 14.3 Å². The molecular weight excluding hydrogens is 382 g/mol. The molecule has 2 aromatic rings. The molecule has 0 bridgehead atoms. The highest BCUT2D eigenvalue weighted by atomic mass is 16.5. The Hall–Kier alpha value is -3.47. The van der Waals surface area contributed by atoms with Gasteiger partial charge in [-0.3, -0.25) is 4.79 Å². The van der Waals surface area contributed by atoms with Crippen LogP contribution in [0.5, 0.6) is 0 Å². The number of nitrogen functional groups attached to an aromatic ring is 1. The fourth-order valence-electron chi connectivity index (χ4n) is 3.63. The largest absolute Gasteiger partial charge is 0.464 e. The minimum Gasteiger partial charge on any atom is -0.464 e. The molecule has 3 rings (SSSR count). The highest BCUT2D eigenvalue weighted by Gasteiger charge is 2.23. The molecule has 0 radical (unpaired) electrons. The second kappa shape index (κ2) is 8.91. The summed E-state index contributed by atoms with van der Waals surface area (Å²) in [5.41, 5.74) is 8.17. The van der Waals surface area contributed by atoms with E-state index in [9.17, 15) is 14.9 Å². The van der Waals surface area contributed by atoms with E-state index in [0.29, 0.717) is 31.1 Å². The predicted molar refractivity (Wildman–Crippen MR) is 114 cm³/mol. The fraction of sp³-hybridized carbons (Fsp3) is 0.409. The van der Waals surface area contributed by atoms with Crippen LogP contribution in [0, 0.1) is 17.2 Å². The molecule has 8 heteroatoms. The molecule has 0 unspecified atom stereocenters. The molecule has 8 nitrogen and oxygen atoms in total. The molecule has 1 aliphatic heterocycles. The summed E-state index contributed by atoms with van der Waals surface area (Å²) in [4.78, 5) is 28.6. The number of ether oxygens (including phenoxy) is 1. The lowest BCUT2D eigenvalue weighted by atomic mass is 10.1. The molecule has 0 atom stereocenters. The zero-order chi connectivity index (χ0) is 21.8. The molecule has 158 valence electrons. The third-order valence-corrected chi connectivity index (χ3v) is 5.25. The Morgan fingerprint density at radius 1 is 1.13 bits per heavy atom. The van der Waals surface area contributed by atoms with Crippen molar-refractivity contribution in [2.75, 3.05) is 43.9 Å². The first-order chi connectivity index (χ1) is 14.3. The normalized spacial score (nSPS) is 14.0. The third-order valence-electron chi connectivity index (χ3n) is 5.25. The molecule has 1 aliphatic rings. The maximum atomic E-state index is 12.3. The van der Waals surface area contributed by atoms with Gasteiger partial charge in [-0.1, -0.05) is 13.8 Å². The molecule has 1 aromatic heterocycles. The second-order valence-corrected chi connectivity index (χ2v) is 7.76. The van der Waals surface area contributed by atoms with E-state index in [4.69, 9.17) is 10.5 Å². The SMILES string of the molecule is COC(=O)c1c(N)c(C#N)cn1-c1ccc(N2CCN(C(=O)CC(C)C)CC2)cc1. The number of anilines is 2. The number of carbonyl (C=O) groups excluding carboxylic acids is 2. The molecule has 1 saturated heterocycles. The number of methoxy groups -OCH3 is 1. The minimum absolute atomic E-state index is 0.107. The summed E-state index contributed by atoms with van der Waals surface area (Å²) in [5.74, 6) is -0.0173. The van der Waals surface area contributed by atoms with Gasteiger partial charge in [0.25, 0.3) is 0 Å². The third kappa shape index (κ3) is 4.25. The van der Waals surface area contributed by atoms with E-state index in [0.717, 1.165) is 18.8 Å². The number of aromatic nitrogens is 1. The quantitative estimate of drug-likeness (QED) is 0.761. The lowest BCUT2D eigenvalue weighted by Gasteiger charge is -2.36. The van der Waals surface area contributed by atoms with E-state index in [-0.39, 0.29) is 22.9 Å². The van der Waals surface area contributed by atoms with Crippen LogP contribution in [-0.4, -0.2) is 54.6 Å². The van der Waals surface area contributed by atoms with Crippen LogP contribution in [0.3, 0.4) is 0 Å². The summed E-state index contributed by atoms with van der Waals surface area (Å²) < 4.78 is 6.40. The first-order valence-electron chi connectivity index (χ1n) is 9.98. The predicted octanol–water partition coefficient (Wildman–Crippen LogP) is 2.41. The number of esters is 1. The fourth-order valence-corrected chi connectivity index (χ4v) is 3.63. The summed E-state index contributed by atoms with van der Waals surface area (Å²) in [6, 6.07) is 9.67. The summed E-state index contributed by atoms with van der Waals surface area (Å²) in [7, 11) is 1.28. The van der Waals surface area contributed by atoms with Crippen molar-refractivity contribution in [3.05, 3.63) is 41.7 Å². The molecule has 2 N–H and O–H groups in total. The van der Waals surface area contributed by atoms with E-state index in [1.54, 1.807) is 4.57 Å². The van der Waals surface area contributed by atoms with Crippen molar-refractivity contribution in [2.45, 2.75) is 20.3 Å². The van der Waals surface area contributed by atoms with Crippen LogP contribution >= 0.6 is 0 Å². The monoisotopic (exact) mass is 409 g/mol. The number of hydrogen-bond acceptors (Lipinski definition) is 6. The summed E-state index contributed by atoms with van der Waals surface area (Å²) in [6.45, 7) is 7.06. The van der Waals surface area contributed by atoms with Gasteiger partial charge in [0, 0.05) is 50.2 Å². The Morgan fingerprint density at radius 3 is 2.27 bits per heavy atom. The number of amides is 1. The zero-order valence-electron chi connectivity index (χ0n) is 17.6. The molecule has 30 heavy (non-hydrogen) atoms. The first kappa shape index (κ1) is 21.2. The van der Waals surface area contributed by atoms with E-state index in [2.05, 4.69) is 18.7 Å². The molecule has 2 heterocycles. The lowest BCUT2D eigenvalue weighted by molar-refractivity contribution is -0.132. The Kier molecular flexibility index (Phi) is 6.31. The maximum absolute atomic E-state index is 12.3. The van der Waals surface area contributed by atoms with Crippen LogP contribution in [0.2, 0.25) is 0 Å². The number of nitrogens with zero attached hydrogens (tertiary/aromatic N) is 4. The second-order valence-electron chi connectivity index (χ2n) is 7.76. The smallest absolute Gasteiger partial charge is 0.357 e. The van der Waals surface area contributed by atoms with Gasteiger partial charge in [-0.05, 0) is 30.2 Å². The molecule has 1 fully saturated rings. The summed E-state index contributed by atoms with van der Waals surface area (Å²) in [6.07, 6.45) is 2.12. The van der Waals surface area contributed by atoms with Gasteiger partial charge in [-0.2, -0.15) is 5.26 Å². The number of nitriles is 1. The van der Waals surface area contributed by atoms with Crippen LogP contribution in [-0.2, 0) is 9.53 Å². The van der Waals surface area contributed by atoms with Gasteiger partial charge in [0.2, 0.25) is 5.91 Å². The molecule has 0 aliphatic carbocycles. The minimum atomic E-state index is -0.597. The number of piperazine rings is 1. The van der Waals surface area contributed by atoms with Gasteiger partial charge in [0.1, 0.15) is 6.07 Å². The molecule has 1 amide bonds. The standard InChI is InChI=1S/C22H27N5O3/c1-15(2)12-19(28)26-10-8-25(9-11-26)17-4-6-18(7-5-17)27-14-16(13-23)20(24)21(27)22(29)30-3/h4-7,14-15H,8-12,24H2,1-3H3. The van der Waals surface area contributed by atoms with E-state index < -0.39 is 5.97 Å². The highest BCUT2D eigenvalue weighted by Crippen LogP contribution is 2.26. The molecular formula is C22H27N5O3. The van der Waals surface area contributed by atoms with Gasteiger partial charge in [-0.25, -0.2) is 4.79 Å². The van der Waals surface area contributed by atoms with E-state index >= 15 is 0 Å². The lowest BCUT2D eigenvalue weighted by Crippen LogP contribution is -2.49. The van der Waals surface area contributed by atoms with Crippen molar-refractivity contribution >= 4 is 23.3 Å². The van der Waals surface area contributed by atoms with Gasteiger partial charge in [0.05, 0.1) is 18.4 Å². The van der Waals surface area contributed by atoms with Gasteiger partial charge < -0.3 is 24.8 Å². The number of nitrogens with two attached hydrogens (primary N) is 1.